The van der Waals surface area contributed by atoms with Crippen LogP contribution in [0.2, 0.25) is 0 Å². The molecule has 47 heavy (non-hydrogen) atoms. The number of aromatic carboxylic acids is 2. The molecular formula is C37H29N3O6S. The number of amides is 2. The lowest BCUT2D eigenvalue weighted by Gasteiger charge is -2.18. The number of hydrogen-bond donors (Lipinski definition) is 4. The Morgan fingerprint density at radius 1 is 0.681 bits per heavy atom. The summed E-state index contributed by atoms with van der Waals surface area (Å²) in [6, 6.07) is 33.8. The molecule has 1 heterocycles. The quantitative estimate of drug-likeness (QED) is 0.111. The Labute approximate surface area is 273 Å². The van der Waals surface area contributed by atoms with Crippen LogP contribution in [0.1, 0.15) is 48.8 Å². The first-order valence-corrected chi connectivity index (χ1v) is 15.7. The van der Waals surface area contributed by atoms with Crippen molar-refractivity contribution in [2.24, 2.45) is 0 Å². The Bertz CT molecular complexity index is 2160. The number of thioether (sulfide) groups is 1. The van der Waals surface area contributed by atoms with Crippen LogP contribution in [0.4, 0.5) is 11.4 Å². The van der Waals surface area contributed by atoms with Gasteiger partial charge in [-0.2, -0.15) is 0 Å². The molecule has 2 amide bonds. The number of aryl methyl sites for hydroxylation is 1. The Balaban J connectivity index is 1.22. The Morgan fingerprint density at radius 2 is 1.36 bits per heavy atom. The Hall–Kier alpha value is -5.87. The molecule has 234 valence electrons. The molecule has 1 unspecified atom stereocenters. The van der Waals surface area contributed by atoms with Gasteiger partial charge in [-0.05, 0) is 79.2 Å². The molecule has 1 atom stereocenters. The van der Waals surface area contributed by atoms with Crippen LogP contribution in [0.5, 0.6) is 0 Å². The number of fused-ring (bicyclic) bond motifs is 3. The van der Waals surface area contributed by atoms with E-state index in [1.165, 1.54) is 23.9 Å². The highest BCUT2D eigenvalue weighted by molar-refractivity contribution is 8.00. The van der Waals surface area contributed by atoms with Gasteiger partial charge in [0.25, 0.3) is 5.91 Å². The minimum absolute atomic E-state index is 0.167. The molecule has 1 aromatic heterocycles. The molecule has 0 aliphatic rings. The summed E-state index contributed by atoms with van der Waals surface area (Å²) in [6.07, 6.45) is 0. The molecule has 0 aliphatic carbocycles. The first-order chi connectivity index (χ1) is 22.7. The fourth-order valence-corrected chi connectivity index (χ4v) is 6.61. The second-order valence-electron chi connectivity index (χ2n) is 10.7. The number of para-hydroxylation sites is 1. The van der Waals surface area contributed by atoms with Gasteiger partial charge in [-0.3, -0.25) is 9.59 Å². The van der Waals surface area contributed by atoms with Crippen molar-refractivity contribution in [1.82, 2.24) is 4.57 Å². The van der Waals surface area contributed by atoms with Crippen molar-refractivity contribution in [1.29, 1.82) is 0 Å². The van der Waals surface area contributed by atoms with Crippen molar-refractivity contribution in [3.05, 3.63) is 138 Å². The zero-order valence-corrected chi connectivity index (χ0v) is 26.0. The van der Waals surface area contributed by atoms with Crippen molar-refractivity contribution in [3.63, 3.8) is 0 Å². The summed E-state index contributed by atoms with van der Waals surface area (Å²) in [7, 11) is 0. The summed E-state index contributed by atoms with van der Waals surface area (Å²) in [5.41, 5.74) is 3.34. The molecule has 0 saturated heterocycles. The van der Waals surface area contributed by atoms with E-state index in [4.69, 9.17) is 0 Å². The standard InChI is InChI=1S/C37H29N3O6S/c1-2-40-31-11-7-6-10-27(31)29-21-25(15-19-32(29)40)39-35(42)33(22-8-4-3-5-9-22)47-26-16-13-24(14-17-26)38-34(41)28-18-12-23(36(43)44)20-30(28)37(45)46/h3-21,33H,2H2,1H3,(H,38,41)(H,39,42)(H,43,44)(H,45,46). The molecule has 0 bridgehead atoms. The van der Waals surface area contributed by atoms with Gasteiger partial charge in [0.1, 0.15) is 5.25 Å². The number of nitrogens with zero attached hydrogens (tertiary/aromatic N) is 1. The van der Waals surface area contributed by atoms with E-state index in [1.54, 1.807) is 24.3 Å². The van der Waals surface area contributed by atoms with E-state index in [9.17, 15) is 29.4 Å². The minimum atomic E-state index is -1.41. The van der Waals surface area contributed by atoms with Crippen LogP contribution >= 0.6 is 11.8 Å². The zero-order chi connectivity index (χ0) is 33.1. The SMILES string of the molecule is CCn1c2ccccc2c2cc(NC(=O)C(Sc3ccc(NC(=O)c4ccc(C(=O)O)cc4C(=O)O)cc3)c3ccccc3)ccc21. The largest absolute Gasteiger partial charge is 0.478 e. The molecule has 0 fully saturated rings. The van der Waals surface area contributed by atoms with Crippen molar-refractivity contribution in [2.45, 2.75) is 23.6 Å². The Morgan fingerprint density at radius 3 is 2.06 bits per heavy atom. The van der Waals surface area contributed by atoms with Crippen LogP contribution in [0.3, 0.4) is 0 Å². The van der Waals surface area contributed by atoms with Gasteiger partial charge in [0.2, 0.25) is 5.91 Å². The molecule has 0 aliphatic heterocycles. The van der Waals surface area contributed by atoms with E-state index in [0.29, 0.717) is 11.4 Å². The average Bonchev–Trinajstić information content (AvgIpc) is 3.40. The van der Waals surface area contributed by atoms with Crippen molar-refractivity contribution in [2.75, 3.05) is 10.6 Å². The predicted octanol–water partition coefficient (Wildman–Crippen LogP) is 7.94. The van der Waals surface area contributed by atoms with E-state index in [-0.39, 0.29) is 17.0 Å². The average molecular weight is 644 g/mol. The fourth-order valence-electron chi connectivity index (χ4n) is 5.58. The lowest BCUT2D eigenvalue weighted by Crippen LogP contribution is -2.19. The van der Waals surface area contributed by atoms with Crippen LogP contribution in [0.25, 0.3) is 21.8 Å². The molecule has 0 radical (unpaired) electrons. The van der Waals surface area contributed by atoms with E-state index in [2.05, 4.69) is 34.3 Å². The smallest absolute Gasteiger partial charge is 0.336 e. The zero-order valence-electron chi connectivity index (χ0n) is 25.1. The summed E-state index contributed by atoms with van der Waals surface area (Å²) in [5, 5.41) is 26.1. The van der Waals surface area contributed by atoms with E-state index < -0.39 is 28.7 Å². The lowest BCUT2D eigenvalue weighted by atomic mass is 10.0. The van der Waals surface area contributed by atoms with Gasteiger partial charge in [0.15, 0.2) is 0 Å². The number of nitrogens with one attached hydrogen (secondary N) is 2. The van der Waals surface area contributed by atoms with Gasteiger partial charge < -0.3 is 25.4 Å². The summed E-state index contributed by atoms with van der Waals surface area (Å²) in [6.45, 7) is 2.94. The van der Waals surface area contributed by atoms with E-state index in [1.807, 2.05) is 60.7 Å². The first kappa shape index (κ1) is 31.1. The number of rotatable bonds is 10. The third-order valence-corrected chi connectivity index (χ3v) is 9.07. The lowest BCUT2D eigenvalue weighted by molar-refractivity contribution is -0.115. The molecule has 5 aromatic carbocycles. The molecule has 9 nitrogen and oxygen atoms in total. The maximum absolute atomic E-state index is 13.8. The minimum Gasteiger partial charge on any atom is -0.478 e. The number of benzene rings is 5. The van der Waals surface area contributed by atoms with Gasteiger partial charge in [0.05, 0.1) is 16.7 Å². The van der Waals surface area contributed by atoms with E-state index >= 15 is 0 Å². The number of anilines is 2. The number of carboxylic acids is 2. The topological polar surface area (TPSA) is 138 Å². The van der Waals surface area contributed by atoms with Crippen molar-refractivity contribution in [3.8, 4) is 0 Å². The number of carboxylic acid groups (broad SMARTS) is 2. The number of aromatic nitrogens is 1. The highest BCUT2D eigenvalue weighted by Gasteiger charge is 2.23. The maximum Gasteiger partial charge on any atom is 0.336 e. The number of hydrogen-bond acceptors (Lipinski definition) is 5. The van der Waals surface area contributed by atoms with Crippen LogP contribution in [0, 0.1) is 0 Å². The molecule has 6 rings (SSSR count). The van der Waals surface area contributed by atoms with Gasteiger partial charge in [-0.15, -0.1) is 11.8 Å². The molecule has 4 N–H and O–H groups in total. The molecular weight excluding hydrogens is 614 g/mol. The monoisotopic (exact) mass is 643 g/mol. The summed E-state index contributed by atoms with van der Waals surface area (Å²) in [4.78, 5) is 50.5. The third-order valence-electron chi connectivity index (χ3n) is 7.80. The highest BCUT2D eigenvalue weighted by Crippen LogP contribution is 2.37. The molecule has 0 saturated carbocycles. The molecule has 0 spiro atoms. The van der Waals surface area contributed by atoms with Crippen molar-refractivity contribution >= 4 is 68.7 Å². The second-order valence-corrected chi connectivity index (χ2v) is 11.9. The normalized spacial score (nSPS) is 11.7. The van der Waals surface area contributed by atoms with Gasteiger partial charge in [-0.1, -0.05) is 48.5 Å². The van der Waals surface area contributed by atoms with Gasteiger partial charge in [-0.25, -0.2) is 9.59 Å². The summed E-state index contributed by atoms with van der Waals surface area (Å²) >= 11 is 1.36. The van der Waals surface area contributed by atoms with Gasteiger partial charge in [0, 0.05) is 44.6 Å². The van der Waals surface area contributed by atoms with Crippen LogP contribution < -0.4 is 10.6 Å². The number of carbonyl (C=O) groups is 4. The van der Waals surface area contributed by atoms with Crippen LogP contribution in [-0.4, -0.2) is 38.5 Å². The van der Waals surface area contributed by atoms with Crippen molar-refractivity contribution < 1.29 is 29.4 Å². The predicted molar refractivity (Wildman–Crippen MR) is 184 cm³/mol. The Kier molecular flexibility index (Phi) is 8.77. The van der Waals surface area contributed by atoms with Crippen LogP contribution in [-0.2, 0) is 11.3 Å². The molecule has 6 aromatic rings. The number of carbonyl (C=O) groups excluding carboxylic acids is 2. The summed E-state index contributed by atoms with van der Waals surface area (Å²) < 4.78 is 2.26. The molecule has 10 heteroatoms. The third kappa shape index (κ3) is 6.45. The fraction of sp³-hybridized carbons (Fsp3) is 0.0811. The van der Waals surface area contributed by atoms with E-state index in [0.717, 1.165) is 44.9 Å². The van der Waals surface area contributed by atoms with Gasteiger partial charge >= 0.3 is 11.9 Å². The highest BCUT2D eigenvalue weighted by atomic mass is 32.2. The maximum atomic E-state index is 13.8. The second kappa shape index (κ2) is 13.2. The van der Waals surface area contributed by atoms with Crippen LogP contribution in [0.15, 0.2) is 120 Å². The first-order valence-electron chi connectivity index (χ1n) is 14.8. The summed E-state index contributed by atoms with van der Waals surface area (Å²) in [5.74, 6) is -3.59.